The number of hydrogen-bond donors (Lipinski definition) is 2. The highest BCUT2D eigenvalue weighted by atomic mass is 16.5. The van der Waals surface area contributed by atoms with Crippen LogP contribution in [0.25, 0.3) is 22.2 Å². The maximum atomic E-state index is 14.3. The van der Waals surface area contributed by atoms with Crippen molar-refractivity contribution in [3.05, 3.63) is 59.7 Å². The topological polar surface area (TPSA) is 128 Å². The Morgan fingerprint density at radius 1 is 1.03 bits per heavy atom. The third-order valence-corrected chi connectivity index (χ3v) is 7.32. The van der Waals surface area contributed by atoms with Gasteiger partial charge in [-0.05, 0) is 59.9 Å². The molecule has 188 valence electrons. The fourth-order valence-electron chi connectivity index (χ4n) is 5.49. The maximum absolute atomic E-state index is 14.3. The lowest BCUT2D eigenvalue weighted by Gasteiger charge is -2.45. The summed E-state index contributed by atoms with van der Waals surface area (Å²) in [6.07, 6.45) is 1.05. The molecule has 10 nitrogen and oxygen atoms in total. The number of rotatable bonds is 5. The summed E-state index contributed by atoms with van der Waals surface area (Å²) in [5.41, 5.74) is 0.379. The van der Waals surface area contributed by atoms with Gasteiger partial charge in [0.2, 0.25) is 0 Å². The van der Waals surface area contributed by atoms with Crippen molar-refractivity contribution in [2.24, 2.45) is 5.92 Å². The molecule has 0 amide bonds. The van der Waals surface area contributed by atoms with Crippen LogP contribution in [0.5, 0.6) is 17.2 Å². The largest absolute Gasteiger partial charge is 0.496 e. The number of carbonyl (C=O) groups excluding carboxylic acids is 2. The molecule has 2 aliphatic rings. The lowest BCUT2D eigenvalue weighted by atomic mass is 9.70. The minimum atomic E-state index is -1.03. The van der Waals surface area contributed by atoms with Gasteiger partial charge in [-0.1, -0.05) is 12.1 Å². The Morgan fingerprint density at radius 2 is 1.84 bits per heavy atom. The summed E-state index contributed by atoms with van der Waals surface area (Å²) < 4.78 is 17.7. The minimum Gasteiger partial charge on any atom is -0.496 e. The van der Waals surface area contributed by atoms with E-state index in [1.165, 1.54) is 0 Å². The van der Waals surface area contributed by atoms with Crippen LogP contribution in [-0.4, -0.2) is 65.1 Å². The van der Waals surface area contributed by atoms with E-state index in [-0.39, 0.29) is 11.6 Å². The van der Waals surface area contributed by atoms with Gasteiger partial charge in [-0.2, -0.15) is 0 Å². The third kappa shape index (κ3) is 3.72. The molecule has 4 aromatic rings. The van der Waals surface area contributed by atoms with Crippen molar-refractivity contribution < 1.29 is 23.8 Å². The first-order valence-electron chi connectivity index (χ1n) is 12.1. The van der Waals surface area contributed by atoms with Gasteiger partial charge >= 0.3 is 0 Å². The first-order valence-corrected chi connectivity index (χ1v) is 12.1. The number of ether oxygens (including phenoxy) is 3. The number of benzene rings is 3. The number of tetrazole rings is 1. The van der Waals surface area contributed by atoms with E-state index in [0.717, 1.165) is 10.8 Å². The number of hydrogen-bond acceptors (Lipinski definition) is 9. The van der Waals surface area contributed by atoms with E-state index in [2.05, 4.69) is 25.9 Å². The summed E-state index contributed by atoms with van der Waals surface area (Å²) >= 11 is 0. The smallest absolute Gasteiger partial charge is 0.181 e. The van der Waals surface area contributed by atoms with Crippen molar-refractivity contribution in [2.45, 2.75) is 18.4 Å². The molecule has 3 heterocycles. The zero-order valence-corrected chi connectivity index (χ0v) is 20.4. The number of ketones is 2. The van der Waals surface area contributed by atoms with E-state index in [4.69, 9.17) is 14.2 Å². The first kappa shape index (κ1) is 23.1. The van der Waals surface area contributed by atoms with E-state index in [1.54, 1.807) is 44.6 Å². The minimum absolute atomic E-state index is 0.276. The Morgan fingerprint density at radius 3 is 2.57 bits per heavy atom. The van der Waals surface area contributed by atoms with Gasteiger partial charge in [0.15, 0.2) is 17.4 Å². The normalized spacial score (nSPS) is 18.3. The maximum Gasteiger partial charge on any atom is 0.181 e. The number of H-pyrrole nitrogens is 1. The molecule has 1 fully saturated rings. The second-order valence-corrected chi connectivity index (χ2v) is 9.27. The molecular formula is C27H25N5O5. The van der Waals surface area contributed by atoms with Crippen molar-refractivity contribution in [3.63, 3.8) is 0 Å². The standard InChI is InChI=1S/C27H25N5O5/c1-35-20-5-3-4-17-18(20)13-16(14-22(17)36-2)24(33)23-25(34)19-12-15(26-29-31-32-30-26)6-7-21(19)37-27(23)8-10-28-11-9-27/h3-7,12-14,23,28H,8-11H2,1-2H3,(H,29,30,31,32)/t23-/m1/s1. The highest BCUT2D eigenvalue weighted by Gasteiger charge is 2.54. The van der Waals surface area contributed by atoms with Crippen LogP contribution >= 0.6 is 0 Å². The van der Waals surface area contributed by atoms with Crippen LogP contribution in [0.4, 0.5) is 0 Å². The first-order chi connectivity index (χ1) is 18.0. The Balaban J connectivity index is 1.49. The highest BCUT2D eigenvalue weighted by molar-refractivity contribution is 6.20. The quantitative estimate of drug-likeness (QED) is 0.314. The van der Waals surface area contributed by atoms with Crippen molar-refractivity contribution in [2.75, 3.05) is 27.3 Å². The summed E-state index contributed by atoms with van der Waals surface area (Å²) in [7, 11) is 3.14. The molecule has 0 saturated carbocycles. The molecule has 0 aliphatic carbocycles. The lowest BCUT2D eigenvalue weighted by molar-refractivity contribution is -0.0138. The van der Waals surface area contributed by atoms with Crippen molar-refractivity contribution in [1.82, 2.24) is 25.9 Å². The third-order valence-electron chi connectivity index (χ3n) is 7.32. The van der Waals surface area contributed by atoms with Crippen LogP contribution in [0.2, 0.25) is 0 Å². The van der Waals surface area contributed by atoms with Crippen LogP contribution in [0.15, 0.2) is 48.5 Å². The molecule has 0 radical (unpaired) electrons. The summed E-state index contributed by atoms with van der Waals surface area (Å²) in [6, 6.07) is 14.3. The lowest BCUT2D eigenvalue weighted by Crippen LogP contribution is -2.58. The number of fused-ring (bicyclic) bond motifs is 2. The van der Waals surface area contributed by atoms with Gasteiger partial charge in [-0.15, -0.1) is 5.10 Å². The predicted octanol–water partition coefficient (Wildman–Crippen LogP) is 3.23. The van der Waals surface area contributed by atoms with E-state index in [1.807, 2.05) is 18.2 Å². The molecule has 6 rings (SSSR count). The van der Waals surface area contributed by atoms with Gasteiger partial charge in [-0.25, -0.2) is 5.10 Å². The van der Waals surface area contributed by atoms with E-state index >= 15 is 0 Å². The van der Waals surface area contributed by atoms with Gasteiger partial charge in [0, 0.05) is 34.7 Å². The Kier molecular flexibility index (Phi) is 5.60. The van der Waals surface area contributed by atoms with Gasteiger partial charge in [0.25, 0.3) is 0 Å². The van der Waals surface area contributed by atoms with Crippen LogP contribution in [-0.2, 0) is 0 Å². The number of aromatic amines is 1. The number of nitrogens with one attached hydrogen (secondary N) is 2. The molecule has 1 atom stereocenters. The second-order valence-electron chi connectivity index (χ2n) is 9.27. The molecule has 1 spiro atoms. The number of methoxy groups -OCH3 is 2. The van der Waals surface area contributed by atoms with Crippen LogP contribution in [0.1, 0.15) is 33.6 Å². The van der Waals surface area contributed by atoms with Gasteiger partial charge in [-0.3, -0.25) is 9.59 Å². The molecule has 1 aromatic heterocycles. The summed E-state index contributed by atoms with van der Waals surface area (Å²) in [4.78, 5) is 28.4. The fourth-order valence-corrected chi connectivity index (χ4v) is 5.49. The Labute approximate surface area is 212 Å². The number of carbonyl (C=O) groups is 2. The molecule has 0 bridgehead atoms. The van der Waals surface area contributed by atoms with Crippen LogP contribution in [0, 0.1) is 5.92 Å². The van der Waals surface area contributed by atoms with E-state index < -0.39 is 11.5 Å². The van der Waals surface area contributed by atoms with Gasteiger partial charge in [0.05, 0.1) is 19.8 Å². The molecule has 2 aliphatic heterocycles. The van der Waals surface area contributed by atoms with Crippen molar-refractivity contribution in [1.29, 1.82) is 0 Å². The summed E-state index contributed by atoms with van der Waals surface area (Å²) in [6.45, 7) is 1.28. The average molecular weight is 500 g/mol. The number of nitrogens with zero attached hydrogens (tertiary/aromatic N) is 3. The fraction of sp³-hybridized carbons (Fsp3) is 0.296. The molecule has 3 aromatic carbocycles. The molecule has 2 N–H and O–H groups in total. The van der Waals surface area contributed by atoms with Gasteiger partial charge < -0.3 is 19.5 Å². The van der Waals surface area contributed by atoms with Crippen molar-refractivity contribution >= 4 is 22.3 Å². The number of Topliss-reactive ketones (excluding diaryl/α,β-unsaturated/α-hetero) is 2. The van der Waals surface area contributed by atoms with E-state index in [0.29, 0.717) is 65.7 Å². The zero-order chi connectivity index (χ0) is 25.6. The monoisotopic (exact) mass is 499 g/mol. The molecule has 1 saturated heterocycles. The van der Waals surface area contributed by atoms with Crippen LogP contribution < -0.4 is 19.5 Å². The number of piperidine rings is 1. The van der Waals surface area contributed by atoms with E-state index in [9.17, 15) is 9.59 Å². The van der Waals surface area contributed by atoms with Crippen LogP contribution in [0.3, 0.4) is 0 Å². The Bertz CT molecular complexity index is 1510. The summed E-state index contributed by atoms with van der Waals surface area (Å²) in [5.74, 6) is 0.420. The Hall–Kier alpha value is -4.31. The molecule has 10 heteroatoms. The summed E-state index contributed by atoms with van der Waals surface area (Å²) in [5, 5.41) is 18.7. The molecular weight excluding hydrogens is 474 g/mol. The zero-order valence-electron chi connectivity index (χ0n) is 20.4. The van der Waals surface area contributed by atoms with Gasteiger partial charge in [0.1, 0.15) is 28.8 Å². The highest BCUT2D eigenvalue weighted by Crippen LogP contribution is 2.45. The molecule has 0 unspecified atom stereocenters. The average Bonchev–Trinajstić information content (AvgIpc) is 3.47. The number of aromatic nitrogens is 4. The SMILES string of the molecule is COc1cc(C(=O)[C@@H]2C(=O)c3cc(-c4nnn[nH]4)ccc3OC23CCNCC3)cc2c(OC)cccc12. The van der Waals surface area contributed by atoms with Crippen molar-refractivity contribution in [3.8, 4) is 28.6 Å². The molecule has 37 heavy (non-hydrogen) atoms. The predicted molar refractivity (Wildman–Crippen MR) is 134 cm³/mol. The second kappa shape index (κ2) is 8.97.